The van der Waals surface area contributed by atoms with Gasteiger partial charge in [-0.25, -0.2) is 4.79 Å². The number of hydrogen-bond acceptors (Lipinski definition) is 8. The molecule has 41 heavy (non-hydrogen) atoms. The first kappa shape index (κ1) is 28.5. The number of para-hydroxylation sites is 1. The van der Waals surface area contributed by atoms with Crippen LogP contribution >= 0.6 is 11.6 Å². The van der Waals surface area contributed by atoms with Crippen molar-refractivity contribution in [3.8, 4) is 23.0 Å². The van der Waals surface area contributed by atoms with Crippen LogP contribution in [0.1, 0.15) is 42.6 Å². The SMILES string of the molecule is CO[C@@H]1CC[C@H](Oc2ccc3c(O)c(NC(=O)c4cccc(Oc5ccccc5Cl)c4)c(=O)oc3c2C)OC1(C)C. The van der Waals surface area contributed by atoms with Crippen molar-refractivity contribution in [2.75, 3.05) is 12.4 Å². The van der Waals surface area contributed by atoms with Crippen molar-refractivity contribution in [2.24, 2.45) is 0 Å². The second-order valence-corrected chi connectivity index (χ2v) is 10.7. The van der Waals surface area contributed by atoms with E-state index in [1.165, 1.54) is 6.07 Å². The number of anilines is 1. The van der Waals surface area contributed by atoms with Gasteiger partial charge in [0.25, 0.3) is 5.91 Å². The van der Waals surface area contributed by atoms with Crippen LogP contribution in [0.3, 0.4) is 0 Å². The molecule has 0 aliphatic carbocycles. The van der Waals surface area contributed by atoms with Crippen molar-refractivity contribution in [1.29, 1.82) is 0 Å². The van der Waals surface area contributed by atoms with Gasteiger partial charge in [0.05, 0.1) is 22.1 Å². The van der Waals surface area contributed by atoms with Crippen molar-refractivity contribution in [2.45, 2.75) is 51.6 Å². The molecule has 1 fully saturated rings. The number of halogens is 1. The van der Waals surface area contributed by atoms with Crippen LogP contribution in [0.4, 0.5) is 5.69 Å². The number of benzene rings is 3. The van der Waals surface area contributed by atoms with Gasteiger partial charge in [0, 0.05) is 24.7 Å². The molecule has 0 bridgehead atoms. The minimum Gasteiger partial charge on any atom is -0.505 e. The van der Waals surface area contributed by atoms with Gasteiger partial charge in [0.1, 0.15) is 22.8 Å². The number of carbonyl (C=O) groups is 1. The van der Waals surface area contributed by atoms with Gasteiger partial charge in [-0.05, 0) is 69.7 Å². The van der Waals surface area contributed by atoms with Gasteiger partial charge in [-0.1, -0.05) is 29.8 Å². The molecule has 2 heterocycles. The molecule has 2 N–H and O–H groups in total. The van der Waals surface area contributed by atoms with Crippen molar-refractivity contribution in [3.63, 3.8) is 0 Å². The highest BCUT2D eigenvalue weighted by Crippen LogP contribution is 2.38. The number of rotatable bonds is 7. The Kier molecular flexibility index (Phi) is 7.95. The molecule has 2 atom stereocenters. The molecule has 5 rings (SSSR count). The van der Waals surface area contributed by atoms with Gasteiger partial charge in [-0.3, -0.25) is 4.79 Å². The highest BCUT2D eigenvalue weighted by molar-refractivity contribution is 6.32. The number of aryl methyl sites for hydroxylation is 1. The molecule has 0 saturated carbocycles. The van der Waals surface area contributed by atoms with Crippen LogP contribution in [-0.4, -0.2) is 36.1 Å². The molecule has 1 saturated heterocycles. The van der Waals surface area contributed by atoms with Crippen LogP contribution < -0.4 is 20.4 Å². The summed E-state index contributed by atoms with van der Waals surface area (Å²) in [6.45, 7) is 5.60. The summed E-state index contributed by atoms with van der Waals surface area (Å²) in [4.78, 5) is 26.0. The number of hydrogen-bond donors (Lipinski definition) is 2. The lowest BCUT2D eigenvalue weighted by Gasteiger charge is -2.41. The molecule has 9 nitrogen and oxygen atoms in total. The summed E-state index contributed by atoms with van der Waals surface area (Å²) in [5.41, 5.74) is -0.989. The Labute approximate surface area is 241 Å². The lowest BCUT2D eigenvalue weighted by molar-refractivity contribution is -0.233. The Bertz CT molecular complexity index is 1660. The van der Waals surface area contributed by atoms with Crippen LogP contribution in [0, 0.1) is 6.92 Å². The summed E-state index contributed by atoms with van der Waals surface area (Å²) in [6, 6.07) is 16.5. The molecule has 1 aliphatic heterocycles. The molecule has 0 radical (unpaired) electrons. The normalized spacial score (nSPS) is 18.2. The van der Waals surface area contributed by atoms with E-state index in [2.05, 4.69) is 5.32 Å². The first-order valence-electron chi connectivity index (χ1n) is 13.1. The molecular formula is C31H30ClNO8. The minimum absolute atomic E-state index is 0.0546. The smallest absolute Gasteiger partial charge is 0.364 e. The van der Waals surface area contributed by atoms with E-state index in [0.29, 0.717) is 34.3 Å². The van der Waals surface area contributed by atoms with Gasteiger partial charge in [0.15, 0.2) is 11.4 Å². The predicted octanol–water partition coefficient (Wildman–Crippen LogP) is 6.81. The van der Waals surface area contributed by atoms with Crippen LogP contribution in [0.25, 0.3) is 11.0 Å². The minimum atomic E-state index is -0.912. The third kappa shape index (κ3) is 5.88. The zero-order chi connectivity index (χ0) is 29.3. The number of fused-ring (bicyclic) bond motifs is 1. The quantitative estimate of drug-likeness (QED) is 0.229. The van der Waals surface area contributed by atoms with E-state index in [1.807, 2.05) is 13.8 Å². The number of carbonyl (C=O) groups excluding carboxylic acids is 1. The Morgan fingerprint density at radius 2 is 1.85 bits per heavy atom. The monoisotopic (exact) mass is 579 g/mol. The van der Waals surface area contributed by atoms with Gasteiger partial charge < -0.3 is 33.8 Å². The Morgan fingerprint density at radius 1 is 1.07 bits per heavy atom. The second-order valence-electron chi connectivity index (χ2n) is 10.3. The molecule has 4 aromatic rings. The fourth-order valence-electron chi connectivity index (χ4n) is 4.88. The summed E-state index contributed by atoms with van der Waals surface area (Å²) in [7, 11) is 1.66. The van der Waals surface area contributed by atoms with Crippen molar-refractivity contribution >= 4 is 34.2 Å². The summed E-state index contributed by atoms with van der Waals surface area (Å²) in [5, 5.41) is 14.1. The zero-order valence-corrected chi connectivity index (χ0v) is 23.8. The lowest BCUT2D eigenvalue weighted by atomic mass is 9.94. The Balaban J connectivity index is 1.37. The summed E-state index contributed by atoms with van der Waals surface area (Å²) in [6.07, 6.45) is 0.795. The number of nitrogens with one attached hydrogen (secondary N) is 1. The predicted molar refractivity (Wildman–Crippen MR) is 154 cm³/mol. The summed E-state index contributed by atoms with van der Waals surface area (Å²) >= 11 is 6.16. The van der Waals surface area contributed by atoms with Gasteiger partial charge >= 0.3 is 5.63 Å². The zero-order valence-electron chi connectivity index (χ0n) is 23.0. The summed E-state index contributed by atoms with van der Waals surface area (Å²) < 4.78 is 29.1. The molecule has 1 amide bonds. The average molecular weight is 580 g/mol. The van der Waals surface area contributed by atoms with Crippen molar-refractivity contribution in [3.05, 3.63) is 87.2 Å². The molecule has 10 heteroatoms. The molecule has 0 unspecified atom stereocenters. The summed E-state index contributed by atoms with van der Waals surface area (Å²) in [5.74, 6) is 0.187. The van der Waals surface area contributed by atoms with E-state index in [0.717, 1.165) is 6.42 Å². The molecule has 3 aromatic carbocycles. The van der Waals surface area contributed by atoms with Crippen LogP contribution in [0.15, 0.2) is 69.9 Å². The topological polar surface area (TPSA) is 116 Å². The molecular weight excluding hydrogens is 550 g/mol. The van der Waals surface area contributed by atoms with Crippen molar-refractivity contribution in [1.82, 2.24) is 0 Å². The fraction of sp³-hybridized carbons (Fsp3) is 0.290. The van der Waals surface area contributed by atoms with Gasteiger partial charge in [-0.2, -0.15) is 0 Å². The lowest BCUT2D eigenvalue weighted by Crippen LogP contribution is -2.49. The number of methoxy groups -OCH3 is 1. The Hall–Kier alpha value is -4.05. The maximum atomic E-state index is 13.0. The maximum Gasteiger partial charge on any atom is 0.364 e. The molecule has 1 aromatic heterocycles. The second kappa shape index (κ2) is 11.4. The van der Waals surface area contributed by atoms with E-state index in [-0.39, 0.29) is 28.3 Å². The van der Waals surface area contributed by atoms with Crippen LogP contribution in [0.5, 0.6) is 23.0 Å². The molecule has 1 aliphatic rings. The first-order valence-corrected chi connectivity index (χ1v) is 13.5. The average Bonchev–Trinajstić information content (AvgIpc) is 2.94. The van der Waals surface area contributed by atoms with E-state index < -0.39 is 29.2 Å². The van der Waals surface area contributed by atoms with E-state index >= 15 is 0 Å². The molecule has 214 valence electrons. The number of aromatic hydroxyl groups is 1. The highest BCUT2D eigenvalue weighted by Gasteiger charge is 2.39. The standard InChI is InChI=1S/C31H30ClNO8/c1-17-22(39-25-15-14-24(37-4)31(2,3)41-25)13-12-20-27(34)26(30(36)40-28(17)20)33-29(35)18-8-7-9-19(16-18)38-23-11-6-5-10-21(23)32/h5-13,16,24-25,34H,14-15H2,1-4H3,(H,33,35)/t24-,25-/m1/s1. The third-order valence-corrected chi connectivity index (χ3v) is 7.38. The number of amides is 1. The van der Waals surface area contributed by atoms with Gasteiger partial charge in [0.2, 0.25) is 6.29 Å². The molecule has 0 spiro atoms. The Morgan fingerprint density at radius 3 is 2.59 bits per heavy atom. The van der Waals surface area contributed by atoms with E-state index in [9.17, 15) is 14.7 Å². The number of ether oxygens (including phenoxy) is 4. The third-order valence-electron chi connectivity index (χ3n) is 7.06. The van der Waals surface area contributed by atoms with Gasteiger partial charge in [-0.15, -0.1) is 0 Å². The van der Waals surface area contributed by atoms with E-state index in [1.54, 1.807) is 68.6 Å². The highest BCUT2D eigenvalue weighted by atomic mass is 35.5. The van der Waals surface area contributed by atoms with Crippen LogP contribution in [-0.2, 0) is 9.47 Å². The van der Waals surface area contributed by atoms with E-state index in [4.69, 9.17) is 35.0 Å². The van der Waals surface area contributed by atoms with Crippen molar-refractivity contribution < 1.29 is 33.3 Å². The first-order chi connectivity index (χ1) is 19.6. The largest absolute Gasteiger partial charge is 0.505 e. The van der Waals surface area contributed by atoms with Crippen LogP contribution in [0.2, 0.25) is 5.02 Å². The maximum absolute atomic E-state index is 13.0. The fourth-order valence-corrected chi connectivity index (χ4v) is 5.05.